The highest BCUT2D eigenvalue weighted by atomic mass is 19.4. The number of alkyl halides is 5. The van der Waals surface area contributed by atoms with Crippen molar-refractivity contribution in [1.82, 2.24) is 19.9 Å². The van der Waals surface area contributed by atoms with Gasteiger partial charge in [0, 0.05) is 37.8 Å². The van der Waals surface area contributed by atoms with E-state index in [0.29, 0.717) is 37.8 Å². The Labute approximate surface area is 174 Å². The molecule has 31 heavy (non-hydrogen) atoms. The minimum Gasteiger partial charge on any atom is -0.362 e. The summed E-state index contributed by atoms with van der Waals surface area (Å²) in [5.74, 6) is 1.04. The van der Waals surface area contributed by atoms with Crippen molar-refractivity contribution >= 4 is 23.7 Å². The van der Waals surface area contributed by atoms with Gasteiger partial charge in [-0.2, -0.15) is 13.2 Å². The van der Waals surface area contributed by atoms with Crippen LogP contribution in [0, 0.1) is 10.8 Å². The van der Waals surface area contributed by atoms with Gasteiger partial charge in [-0.3, -0.25) is 0 Å². The molecular weight excluding hydrogens is 423 g/mol. The van der Waals surface area contributed by atoms with E-state index >= 15 is 0 Å². The molecule has 0 radical (unpaired) electrons. The summed E-state index contributed by atoms with van der Waals surface area (Å²) in [5.41, 5.74) is -0.918. The fraction of sp³-hybridized carbons (Fsp3) is 0.500. The molecule has 4 heterocycles. The van der Waals surface area contributed by atoms with Gasteiger partial charge in [0.15, 0.2) is 11.5 Å². The van der Waals surface area contributed by atoms with Crippen molar-refractivity contribution in [2.24, 2.45) is 5.41 Å². The van der Waals surface area contributed by atoms with Gasteiger partial charge >= 0.3 is 6.18 Å². The molecule has 166 valence electrons. The smallest absolute Gasteiger partial charge is 0.362 e. The number of hydrogen-bond donors (Lipinski definition) is 2. The Morgan fingerprint density at radius 3 is 2.39 bits per heavy atom. The molecular formula is C18H19F5N8. The highest BCUT2D eigenvalue weighted by Gasteiger charge is 2.48. The van der Waals surface area contributed by atoms with Gasteiger partial charge in [0.05, 0.1) is 25.1 Å². The predicted molar refractivity (Wildman–Crippen MR) is 103 cm³/mol. The second-order valence-corrected chi connectivity index (χ2v) is 7.66. The van der Waals surface area contributed by atoms with E-state index in [2.05, 4.69) is 25.3 Å². The maximum Gasteiger partial charge on any atom is 0.434 e. The molecule has 2 fully saturated rings. The Balaban J connectivity index is 1.40. The van der Waals surface area contributed by atoms with Crippen LogP contribution >= 0.6 is 0 Å². The van der Waals surface area contributed by atoms with E-state index in [9.17, 15) is 22.0 Å². The molecule has 0 atom stereocenters. The summed E-state index contributed by atoms with van der Waals surface area (Å²) >= 11 is 0. The third-order valence-electron chi connectivity index (χ3n) is 5.42. The van der Waals surface area contributed by atoms with Crippen LogP contribution in [0.3, 0.4) is 0 Å². The van der Waals surface area contributed by atoms with E-state index in [1.165, 1.54) is 6.20 Å². The number of rotatable bonds is 6. The number of halogens is 5. The van der Waals surface area contributed by atoms with Crippen molar-refractivity contribution in [2.75, 3.05) is 47.8 Å². The Morgan fingerprint density at radius 2 is 1.77 bits per heavy atom. The lowest BCUT2D eigenvalue weighted by atomic mass is 9.79. The normalized spacial score (nSPS) is 17.9. The highest BCUT2D eigenvalue weighted by molar-refractivity contribution is 5.81. The molecule has 13 heteroatoms. The molecule has 4 rings (SSSR count). The Morgan fingerprint density at radius 1 is 1.06 bits per heavy atom. The van der Waals surface area contributed by atoms with E-state index in [1.807, 2.05) is 9.80 Å². The van der Waals surface area contributed by atoms with E-state index in [-0.39, 0.29) is 16.9 Å². The average Bonchev–Trinajstić information content (AvgIpc) is 3.16. The lowest BCUT2D eigenvalue weighted by molar-refractivity contribution is -0.141. The number of nitrogens with one attached hydrogen (secondary N) is 2. The van der Waals surface area contributed by atoms with Crippen molar-refractivity contribution in [3.8, 4) is 0 Å². The van der Waals surface area contributed by atoms with Crippen LogP contribution < -0.4 is 15.1 Å². The molecule has 2 saturated heterocycles. The van der Waals surface area contributed by atoms with Crippen molar-refractivity contribution in [2.45, 2.75) is 19.0 Å². The summed E-state index contributed by atoms with van der Waals surface area (Å²) < 4.78 is 63.0. The van der Waals surface area contributed by atoms with Crippen molar-refractivity contribution in [3.05, 3.63) is 30.0 Å². The van der Waals surface area contributed by atoms with Crippen LogP contribution in [-0.2, 0) is 6.18 Å². The summed E-state index contributed by atoms with van der Waals surface area (Å²) in [6.45, 7) is 1.97. The SMILES string of the molecule is N=Cc1ncc(N2CCC3(CN(c4cnc(C(F)(F)F)cn4)C3)C2)nc1NCC(F)F. The molecule has 0 unspecified atom stereocenters. The van der Waals surface area contributed by atoms with Gasteiger partial charge in [0.2, 0.25) is 0 Å². The van der Waals surface area contributed by atoms with Gasteiger partial charge in [0.1, 0.15) is 17.3 Å². The first kappa shape index (κ1) is 21.1. The minimum atomic E-state index is -4.52. The maximum absolute atomic E-state index is 12.6. The Bertz CT molecular complexity index is 943. The molecule has 0 amide bonds. The summed E-state index contributed by atoms with van der Waals surface area (Å²) in [7, 11) is 0. The minimum absolute atomic E-state index is 0.0666. The lowest BCUT2D eigenvalue weighted by Gasteiger charge is -2.48. The molecule has 0 bridgehead atoms. The molecule has 2 N–H and O–H groups in total. The Hall–Kier alpha value is -3.12. The molecule has 0 aromatic carbocycles. The standard InChI is InChI=1S/C18H19F5N8/c19-13(20)5-28-16-11(3-24)25-7-15(29-16)30-2-1-17(8-30)9-31(10-17)14-6-26-12(4-27-14)18(21,22)23/h3-4,6-7,13,24H,1-2,5,8-10H2,(H,28,29). The topological polar surface area (TPSA) is 93.9 Å². The zero-order valence-corrected chi connectivity index (χ0v) is 16.2. The highest BCUT2D eigenvalue weighted by Crippen LogP contribution is 2.42. The predicted octanol–water partition coefficient (Wildman–Crippen LogP) is 2.68. The zero-order chi connectivity index (χ0) is 22.2. The van der Waals surface area contributed by atoms with Crippen LogP contribution in [-0.4, -0.2) is 65.3 Å². The Kier molecular flexibility index (Phi) is 5.35. The quantitative estimate of drug-likeness (QED) is 0.525. The monoisotopic (exact) mass is 442 g/mol. The first-order valence-corrected chi connectivity index (χ1v) is 9.48. The largest absolute Gasteiger partial charge is 0.434 e. The molecule has 2 aliphatic heterocycles. The maximum atomic E-state index is 12.6. The van der Waals surface area contributed by atoms with E-state index < -0.39 is 24.8 Å². The first-order chi connectivity index (χ1) is 14.7. The van der Waals surface area contributed by atoms with Gasteiger partial charge < -0.3 is 20.5 Å². The molecule has 1 spiro atoms. The number of nitrogens with zero attached hydrogens (tertiary/aromatic N) is 6. The van der Waals surface area contributed by atoms with Crippen LogP contribution in [0.25, 0.3) is 0 Å². The molecule has 2 aromatic rings. The van der Waals surface area contributed by atoms with Crippen LogP contribution in [0.4, 0.5) is 39.4 Å². The second-order valence-electron chi connectivity index (χ2n) is 7.66. The lowest BCUT2D eigenvalue weighted by Crippen LogP contribution is -2.58. The molecule has 0 aliphatic carbocycles. The summed E-state index contributed by atoms with van der Waals surface area (Å²) in [6.07, 6.45) is -1.93. The molecule has 2 aliphatic rings. The van der Waals surface area contributed by atoms with Gasteiger partial charge in [-0.05, 0) is 6.42 Å². The van der Waals surface area contributed by atoms with Crippen molar-refractivity contribution in [3.63, 3.8) is 0 Å². The van der Waals surface area contributed by atoms with Gasteiger partial charge in [-0.15, -0.1) is 0 Å². The number of aromatic nitrogens is 4. The second kappa shape index (κ2) is 7.85. The molecule has 8 nitrogen and oxygen atoms in total. The van der Waals surface area contributed by atoms with Crippen LogP contribution in [0.15, 0.2) is 18.6 Å². The number of hydrogen-bond acceptors (Lipinski definition) is 8. The third kappa shape index (κ3) is 4.35. The molecule has 2 aromatic heterocycles. The zero-order valence-electron chi connectivity index (χ0n) is 16.2. The van der Waals surface area contributed by atoms with Gasteiger partial charge in [-0.25, -0.2) is 28.7 Å². The van der Waals surface area contributed by atoms with Crippen LogP contribution in [0.1, 0.15) is 17.8 Å². The van der Waals surface area contributed by atoms with Gasteiger partial charge in [0.25, 0.3) is 6.43 Å². The fourth-order valence-electron chi connectivity index (χ4n) is 3.90. The molecule has 0 saturated carbocycles. The van der Waals surface area contributed by atoms with E-state index in [1.54, 1.807) is 0 Å². The fourth-order valence-corrected chi connectivity index (χ4v) is 3.90. The van der Waals surface area contributed by atoms with Crippen LogP contribution in [0.5, 0.6) is 0 Å². The summed E-state index contributed by atoms with van der Waals surface area (Å²) in [4.78, 5) is 19.7. The number of anilines is 3. The van der Waals surface area contributed by atoms with Crippen molar-refractivity contribution < 1.29 is 22.0 Å². The first-order valence-electron chi connectivity index (χ1n) is 9.48. The van der Waals surface area contributed by atoms with Gasteiger partial charge in [-0.1, -0.05) is 0 Å². The van der Waals surface area contributed by atoms with Crippen LogP contribution in [0.2, 0.25) is 0 Å². The summed E-state index contributed by atoms with van der Waals surface area (Å²) in [5, 5.41) is 9.87. The van der Waals surface area contributed by atoms with Crippen molar-refractivity contribution in [1.29, 1.82) is 5.41 Å². The van der Waals surface area contributed by atoms with E-state index in [0.717, 1.165) is 25.0 Å². The average molecular weight is 442 g/mol. The van der Waals surface area contributed by atoms with E-state index in [4.69, 9.17) is 5.41 Å². The summed E-state index contributed by atoms with van der Waals surface area (Å²) in [6, 6.07) is 0. The third-order valence-corrected chi connectivity index (χ3v) is 5.42.